The van der Waals surface area contributed by atoms with Crippen LogP contribution in [-0.4, -0.2) is 53.5 Å². The summed E-state index contributed by atoms with van der Waals surface area (Å²) in [6, 6.07) is 6.58. The lowest BCUT2D eigenvalue weighted by molar-refractivity contribution is -0.109. The first-order valence-electron chi connectivity index (χ1n) is 8.62. The summed E-state index contributed by atoms with van der Waals surface area (Å²) in [4.78, 5) is 22.2. The number of nitrogens with one attached hydrogen (secondary N) is 1. The number of aryl methyl sites for hydroxylation is 2. The van der Waals surface area contributed by atoms with Crippen LogP contribution in [0, 0.1) is 6.92 Å². The molecule has 1 aromatic heterocycles. The van der Waals surface area contributed by atoms with Crippen molar-refractivity contribution in [3.8, 4) is 0 Å². The van der Waals surface area contributed by atoms with Crippen LogP contribution in [0.5, 0.6) is 0 Å². The molecule has 8 heteroatoms. The van der Waals surface area contributed by atoms with Crippen LogP contribution in [0.2, 0.25) is 0 Å². The average molecular weight is 358 g/mol. The maximum Gasteiger partial charge on any atom is 0.317 e. The summed E-state index contributed by atoms with van der Waals surface area (Å²) >= 11 is 0. The number of hydrogen-bond donors (Lipinski definition) is 1. The maximum atomic E-state index is 10.5. The van der Waals surface area contributed by atoms with Gasteiger partial charge in [-0.15, -0.1) is 0 Å². The number of hydrogen-bond acceptors (Lipinski definition) is 5. The molecule has 0 aliphatic rings. The molecule has 1 aromatic carbocycles. The molecule has 1 amide bonds. The number of rotatable bonds is 9. The number of carbonyl (C=O) groups excluding carboxylic acids is 1. The van der Waals surface area contributed by atoms with E-state index in [1.165, 1.54) is 0 Å². The molecule has 1 heterocycles. The van der Waals surface area contributed by atoms with Crippen molar-refractivity contribution in [1.82, 2.24) is 20.0 Å². The van der Waals surface area contributed by atoms with E-state index in [4.69, 9.17) is 4.84 Å². The Kier molecular flexibility index (Phi) is 7.13. The molecule has 2 rings (SSSR count). The van der Waals surface area contributed by atoms with Crippen molar-refractivity contribution in [2.75, 3.05) is 19.6 Å². The first kappa shape index (κ1) is 19.4. The zero-order valence-electron chi connectivity index (χ0n) is 15.6. The lowest BCUT2D eigenvalue weighted by Gasteiger charge is -2.22. The minimum atomic E-state index is 0.399. The molecule has 2 aromatic rings. The smallest absolute Gasteiger partial charge is 0.317 e. The highest BCUT2D eigenvalue weighted by atomic mass is 16.6. The van der Waals surface area contributed by atoms with E-state index < -0.39 is 0 Å². The van der Waals surface area contributed by atoms with E-state index in [9.17, 15) is 4.79 Å². The number of nitrogens with zero attached hydrogens (tertiary/aromatic N) is 5. The normalized spacial score (nSPS) is 11.4. The van der Waals surface area contributed by atoms with Crippen LogP contribution in [0.1, 0.15) is 24.6 Å². The third-order valence-corrected chi connectivity index (χ3v) is 4.02. The number of fused-ring (bicyclic) bond motifs is 1. The van der Waals surface area contributed by atoms with Crippen molar-refractivity contribution < 1.29 is 9.63 Å². The van der Waals surface area contributed by atoms with Gasteiger partial charge in [0.05, 0.1) is 17.8 Å². The van der Waals surface area contributed by atoms with Gasteiger partial charge in [0.1, 0.15) is 0 Å². The highest BCUT2D eigenvalue weighted by molar-refractivity contribution is 5.82. The Morgan fingerprint density at radius 3 is 2.96 bits per heavy atom. The molecule has 0 unspecified atom stereocenters. The largest absolute Gasteiger partial charge is 0.357 e. The minimum absolute atomic E-state index is 0.399. The maximum absolute atomic E-state index is 10.5. The van der Waals surface area contributed by atoms with Gasteiger partial charge in [-0.3, -0.25) is 9.48 Å². The van der Waals surface area contributed by atoms with E-state index in [1.807, 2.05) is 29.6 Å². The van der Waals surface area contributed by atoms with Gasteiger partial charge in [0.25, 0.3) is 0 Å². The van der Waals surface area contributed by atoms with Gasteiger partial charge in [-0.25, -0.2) is 4.99 Å². The summed E-state index contributed by atoms with van der Waals surface area (Å²) in [5, 5.41) is 11.7. The Bertz CT molecular complexity index is 783. The number of carbonyl (C=O) groups is 1. The minimum Gasteiger partial charge on any atom is -0.357 e. The lowest BCUT2D eigenvalue weighted by Crippen LogP contribution is -2.38. The van der Waals surface area contributed by atoms with Crippen molar-refractivity contribution in [2.45, 2.75) is 26.8 Å². The van der Waals surface area contributed by atoms with Crippen LogP contribution in [0.25, 0.3) is 10.9 Å². The second-order valence-electron chi connectivity index (χ2n) is 5.94. The monoisotopic (exact) mass is 358 g/mol. The zero-order valence-corrected chi connectivity index (χ0v) is 15.6. The summed E-state index contributed by atoms with van der Waals surface area (Å²) in [5.74, 6) is 0. The molecule has 1 N–H and O–H groups in total. The topological polar surface area (TPSA) is 84.1 Å². The van der Waals surface area contributed by atoms with Gasteiger partial charge in [0.15, 0.2) is 0 Å². The van der Waals surface area contributed by atoms with E-state index in [0.29, 0.717) is 32.1 Å². The molecule has 0 saturated carbocycles. The highest BCUT2D eigenvalue weighted by Crippen LogP contribution is 2.19. The molecule has 140 valence electrons. The summed E-state index contributed by atoms with van der Waals surface area (Å²) in [6.07, 6.45) is 1.60. The first-order valence-corrected chi connectivity index (χ1v) is 8.62. The molecule has 8 nitrogen and oxygen atoms in total. The quantitative estimate of drug-likeness (QED) is 0.244. The van der Waals surface area contributed by atoms with Gasteiger partial charge in [0.2, 0.25) is 6.41 Å². The van der Waals surface area contributed by atoms with Crippen molar-refractivity contribution in [3.05, 3.63) is 29.5 Å². The lowest BCUT2D eigenvalue weighted by atomic mass is 10.1. The van der Waals surface area contributed by atoms with E-state index in [1.54, 1.807) is 0 Å². The standard InChI is InChI=1S/C18H26N6O2/c1-5-9-24(10-8-20-13-25)18(26-19-3)21-12-15-6-7-16-14(2)22-23(4)17(16)11-15/h6-7,11,13H,3,5,8-10,12H2,1-2,4H3,(H,20,25). The zero-order chi connectivity index (χ0) is 18.9. The van der Waals surface area contributed by atoms with Crippen molar-refractivity contribution in [1.29, 1.82) is 0 Å². The Morgan fingerprint density at radius 1 is 1.46 bits per heavy atom. The number of oxime groups is 1. The number of aromatic nitrogens is 2. The summed E-state index contributed by atoms with van der Waals surface area (Å²) in [5.41, 5.74) is 3.13. The van der Waals surface area contributed by atoms with Crippen LogP contribution < -0.4 is 5.32 Å². The molecule has 0 saturated heterocycles. The molecule has 0 aliphatic heterocycles. The van der Waals surface area contributed by atoms with Gasteiger partial charge >= 0.3 is 6.02 Å². The van der Waals surface area contributed by atoms with Crippen LogP contribution in [0.3, 0.4) is 0 Å². The molecule has 0 aliphatic carbocycles. The van der Waals surface area contributed by atoms with Crippen molar-refractivity contribution in [2.24, 2.45) is 17.2 Å². The summed E-state index contributed by atoms with van der Waals surface area (Å²) in [7, 11) is 1.93. The van der Waals surface area contributed by atoms with E-state index >= 15 is 0 Å². The van der Waals surface area contributed by atoms with Crippen molar-refractivity contribution in [3.63, 3.8) is 0 Å². The van der Waals surface area contributed by atoms with Gasteiger partial charge in [-0.05, 0) is 25.0 Å². The second-order valence-corrected chi connectivity index (χ2v) is 5.94. The fourth-order valence-electron chi connectivity index (χ4n) is 2.82. The fourth-order valence-corrected chi connectivity index (χ4v) is 2.82. The third-order valence-electron chi connectivity index (χ3n) is 4.02. The van der Waals surface area contributed by atoms with E-state index in [-0.39, 0.29) is 0 Å². The molecule has 0 fully saturated rings. The number of aliphatic imine (C=N–C) groups is 1. The molecular formula is C18H26N6O2. The molecule has 0 radical (unpaired) electrons. The predicted octanol–water partition coefficient (Wildman–Crippen LogP) is 1.83. The molecule has 0 bridgehead atoms. The molecule has 0 spiro atoms. The number of amidine groups is 1. The van der Waals surface area contributed by atoms with Gasteiger partial charge in [0, 0.05) is 38.8 Å². The Balaban J connectivity index is 2.19. The third kappa shape index (κ3) is 4.81. The van der Waals surface area contributed by atoms with E-state index in [2.05, 4.69) is 46.3 Å². The predicted molar refractivity (Wildman–Crippen MR) is 103 cm³/mol. The van der Waals surface area contributed by atoms with Crippen LogP contribution in [0.4, 0.5) is 0 Å². The Morgan fingerprint density at radius 2 is 2.27 bits per heavy atom. The van der Waals surface area contributed by atoms with Crippen LogP contribution >= 0.6 is 0 Å². The summed E-state index contributed by atoms with van der Waals surface area (Å²) in [6.45, 7) is 9.73. The van der Waals surface area contributed by atoms with Crippen LogP contribution in [-0.2, 0) is 23.2 Å². The number of benzene rings is 1. The molecule has 0 atom stereocenters. The number of amides is 1. The highest BCUT2D eigenvalue weighted by Gasteiger charge is 2.13. The second kappa shape index (κ2) is 9.55. The van der Waals surface area contributed by atoms with Gasteiger partial charge < -0.3 is 15.1 Å². The van der Waals surface area contributed by atoms with E-state index in [0.717, 1.165) is 35.1 Å². The fraction of sp³-hybridized carbons (Fsp3) is 0.444. The molecular weight excluding hydrogens is 332 g/mol. The SMILES string of the molecule is C=NOC(=NCc1ccc2c(C)nn(C)c2c1)N(CCC)CCNC=O. The Labute approximate surface area is 153 Å². The first-order chi connectivity index (χ1) is 12.6. The molecule has 26 heavy (non-hydrogen) atoms. The Hall–Kier alpha value is -2.90. The van der Waals surface area contributed by atoms with Gasteiger partial charge in [-0.2, -0.15) is 5.10 Å². The van der Waals surface area contributed by atoms with Crippen molar-refractivity contribution >= 4 is 30.1 Å². The summed E-state index contributed by atoms with van der Waals surface area (Å²) < 4.78 is 1.87. The van der Waals surface area contributed by atoms with Crippen LogP contribution in [0.15, 0.2) is 28.3 Å². The van der Waals surface area contributed by atoms with Gasteiger partial charge in [-0.1, -0.05) is 24.2 Å². The average Bonchev–Trinajstić information content (AvgIpc) is 2.92.